The molecule has 0 saturated heterocycles. The van der Waals surface area contributed by atoms with Gasteiger partial charge in [0.2, 0.25) is 0 Å². The molecule has 2 aromatic rings. The summed E-state index contributed by atoms with van der Waals surface area (Å²) in [6, 6.07) is 17.4. The smallest absolute Gasteiger partial charge is 0.331 e. The summed E-state index contributed by atoms with van der Waals surface area (Å²) >= 11 is 0. The third-order valence-corrected chi connectivity index (χ3v) is 4.27. The molecule has 0 bridgehead atoms. The average molecular weight is 381 g/mol. The SMILES string of the molecule is COc1cccc(/C=C/C(=O)O[C@@H](C)C(=O)N[C@H](C)CCc2ccccc2)c1. The minimum absolute atomic E-state index is 0.0128. The number of hydrogen-bond donors (Lipinski definition) is 1. The number of amides is 1. The van der Waals surface area contributed by atoms with Gasteiger partial charge in [-0.05, 0) is 56.0 Å². The van der Waals surface area contributed by atoms with E-state index in [1.54, 1.807) is 26.2 Å². The molecule has 0 radical (unpaired) electrons. The monoisotopic (exact) mass is 381 g/mol. The molecule has 0 heterocycles. The van der Waals surface area contributed by atoms with Crippen molar-refractivity contribution in [3.05, 3.63) is 71.8 Å². The Hall–Kier alpha value is -3.08. The molecule has 0 unspecified atom stereocenters. The highest BCUT2D eigenvalue weighted by molar-refractivity contribution is 5.90. The maximum absolute atomic E-state index is 12.2. The summed E-state index contributed by atoms with van der Waals surface area (Å²) in [5.74, 6) is -0.168. The van der Waals surface area contributed by atoms with Crippen molar-refractivity contribution in [3.8, 4) is 5.75 Å². The van der Waals surface area contributed by atoms with Crippen LogP contribution >= 0.6 is 0 Å². The molecule has 0 aliphatic heterocycles. The third-order valence-electron chi connectivity index (χ3n) is 4.27. The molecule has 0 aliphatic rings. The van der Waals surface area contributed by atoms with E-state index in [0.717, 1.165) is 18.4 Å². The Morgan fingerprint density at radius 1 is 1.07 bits per heavy atom. The van der Waals surface area contributed by atoms with E-state index >= 15 is 0 Å². The summed E-state index contributed by atoms with van der Waals surface area (Å²) < 4.78 is 10.3. The van der Waals surface area contributed by atoms with Gasteiger partial charge >= 0.3 is 5.97 Å². The topological polar surface area (TPSA) is 64.6 Å². The molecular weight excluding hydrogens is 354 g/mol. The fourth-order valence-electron chi connectivity index (χ4n) is 2.64. The molecule has 5 nitrogen and oxygen atoms in total. The molecule has 0 aromatic heterocycles. The van der Waals surface area contributed by atoms with Gasteiger partial charge in [-0.1, -0.05) is 42.5 Å². The predicted octanol–water partition coefficient (Wildman–Crippen LogP) is 3.78. The molecule has 1 N–H and O–H groups in total. The highest BCUT2D eigenvalue weighted by atomic mass is 16.5. The van der Waals surface area contributed by atoms with E-state index in [2.05, 4.69) is 17.4 Å². The summed E-state index contributed by atoms with van der Waals surface area (Å²) in [6.45, 7) is 3.51. The number of rotatable bonds is 9. The average Bonchev–Trinajstić information content (AvgIpc) is 2.71. The van der Waals surface area contributed by atoms with E-state index in [-0.39, 0.29) is 11.9 Å². The van der Waals surface area contributed by atoms with Crippen molar-refractivity contribution in [1.82, 2.24) is 5.32 Å². The lowest BCUT2D eigenvalue weighted by Gasteiger charge is -2.17. The summed E-state index contributed by atoms with van der Waals surface area (Å²) in [6.07, 6.45) is 3.75. The molecule has 148 valence electrons. The molecular formula is C23H27NO4. The standard InChI is InChI=1S/C23H27NO4/c1-17(12-13-19-8-5-4-6-9-19)24-23(26)18(2)28-22(25)15-14-20-10-7-11-21(16-20)27-3/h4-11,14-18H,12-13H2,1-3H3,(H,24,26)/b15-14+/t17-,18+/m1/s1. The molecule has 5 heteroatoms. The summed E-state index contributed by atoms with van der Waals surface area (Å²) in [5.41, 5.74) is 2.04. The Balaban J connectivity index is 1.77. The minimum atomic E-state index is -0.860. The molecule has 2 rings (SSSR count). The second-order valence-corrected chi connectivity index (χ2v) is 6.62. The lowest BCUT2D eigenvalue weighted by atomic mass is 10.1. The van der Waals surface area contributed by atoms with Gasteiger partial charge in [0.05, 0.1) is 7.11 Å². The Bertz CT molecular complexity index is 801. The zero-order valence-electron chi connectivity index (χ0n) is 16.6. The van der Waals surface area contributed by atoms with Crippen LogP contribution in [0.1, 0.15) is 31.4 Å². The van der Waals surface area contributed by atoms with Gasteiger partial charge in [-0.3, -0.25) is 4.79 Å². The van der Waals surface area contributed by atoms with Crippen LogP contribution in [0, 0.1) is 0 Å². The van der Waals surface area contributed by atoms with E-state index in [0.29, 0.717) is 5.75 Å². The van der Waals surface area contributed by atoms with Crippen molar-refractivity contribution in [3.63, 3.8) is 0 Å². The maximum Gasteiger partial charge on any atom is 0.331 e. The molecule has 0 saturated carbocycles. The number of nitrogens with one attached hydrogen (secondary N) is 1. The molecule has 2 aromatic carbocycles. The number of esters is 1. The number of ether oxygens (including phenoxy) is 2. The van der Waals surface area contributed by atoms with Crippen LogP contribution in [0.2, 0.25) is 0 Å². The summed E-state index contributed by atoms with van der Waals surface area (Å²) in [4.78, 5) is 24.2. The quantitative estimate of drug-likeness (QED) is 0.530. The molecule has 0 aliphatic carbocycles. The highest BCUT2D eigenvalue weighted by Crippen LogP contribution is 2.13. The Labute approximate surface area is 166 Å². The second kappa shape index (κ2) is 10.9. The van der Waals surface area contributed by atoms with Crippen LogP contribution in [0.5, 0.6) is 5.75 Å². The highest BCUT2D eigenvalue weighted by Gasteiger charge is 2.18. The van der Waals surface area contributed by atoms with Crippen LogP contribution in [0.4, 0.5) is 0 Å². The number of carbonyl (C=O) groups is 2. The fraction of sp³-hybridized carbons (Fsp3) is 0.304. The van der Waals surface area contributed by atoms with Crippen LogP contribution in [-0.2, 0) is 20.7 Å². The lowest BCUT2D eigenvalue weighted by Crippen LogP contribution is -2.40. The van der Waals surface area contributed by atoms with E-state index in [1.165, 1.54) is 11.6 Å². The maximum atomic E-state index is 12.2. The zero-order chi connectivity index (χ0) is 20.4. The first-order valence-corrected chi connectivity index (χ1v) is 9.35. The van der Waals surface area contributed by atoms with Crippen LogP contribution in [-0.4, -0.2) is 31.1 Å². The zero-order valence-corrected chi connectivity index (χ0v) is 16.6. The number of carbonyl (C=O) groups excluding carboxylic acids is 2. The van der Waals surface area contributed by atoms with Gasteiger partial charge in [0.1, 0.15) is 5.75 Å². The van der Waals surface area contributed by atoms with Crippen molar-refractivity contribution >= 4 is 18.0 Å². The van der Waals surface area contributed by atoms with Crippen LogP contribution in [0.3, 0.4) is 0 Å². The molecule has 28 heavy (non-hydrogen) atoms. The van der Waals surface area contributed by atoms with Crippen molar-refractivity contribution in [1.29, 1.82) is 0 Å². The molecule has 0 fully saturated rings. The number of aryl methyl sites for hydroxylation is 1. The predicted molar refractivity (Wildman–Crippen MR) is 110 cm³/mol. The summed E-state index contributed by atoms with van der Waals surface area (Å²) in [5, 5.41) is 2.89. The van der Waals surface area contributed by atoms with Crippen LogP contribution in [0.25, 0.3) is 6.08 Å². The Morgan fingerprint density at radius 3 is 2.54 bits per heavy atom. The Kier molecular flexibility index (Phi) is 8.28. The van der Waals surface area contributed by atoms with Crippen molar-refractivity contribution in [2.75, 3.05) is 7.11 Å². The second-order valence-electron chi connectivity index (χ2n) is 6.62. The van der Waals surface area contributed by atoms with Crippen molar-refractivity contribution in [2.45, 2.75) is 38.8 Å². The van der Waals surface area contributed by atoms with Crippen molar-refractivity contribution < 1.29 is 19.1 Å². The van der Waals surface area contributed by atoms with Gasteiger partial charge in [-0.25, -0.2) is 4.79 Å². The largest absolute Gasteiger partial charge is 0.497 e. The fourth-order valence-corrected chi connectivity index (χ4v) is 2.64. The Morgan fingerprint density at radius 2 is 1.82 bits per heavy atom. The molecule has 0 spiro atoms. The first-order valence-electron chi connectivity index (χ1n) is 9.35. The first kappa shape index (κ1) is 21.2. The van der Waals surface area contributed by atoms with Gasteiger partial charge in [0.25, 0.3) is 5.91 Å². The molecule has 2 atom stereocenters. The van der Waals surface area contributed by atoms with E-state index in [4.69, 9.17) is 9.47 Å². The van der Waals surface area contributed by atoms with Gasteiger partial charge < -0.3 is 14.8 Å². The number of benzene rings is 2. The van der Waals surface area contributed by atoms with E-state index < -0.39 is 12.1 Å². The van der Waals surface area contributed by atoms with Crippen molar-refractivity contribution in [2.24, 2.45) is 0 Å². The van der Waals surface area contributed by atoms with Crippen LogP contribution in [0.15, 0.2) is 60.7 Å². The van der Waals surface area contributed by atoms with Crippen LogP contribution < -0.4 is 10.1 Å². The third kappa shape index (κ3) is 7.27. The van der Waals surface area contributed by atoms with Gasteiger partial charge in [-0.2, -0.15) is 0 Å². The van der Waals surface area contributed by atoms with Gasteiger partial charge in [-0.15, -0.1) is 0 Å². The molecule has 1 amide bonds. The first-order chi connectivity index (χ1) is 13.5. The van der Waals surface area contributed by atoms with Gasteiger partial charge in [0.15, 0.2) is 6.10 Å². The normalized spacial score (nSPS) is 13.0. The lowest BCUT2D eigenvalue weighted by molar-refractivity contribution is -0.150. The summed E-state index contributed by atoms with van der Waals surface area (Å²) in [7, 11) is 1.58. The van der Waals surface area contributed by atoms with E-state index in [1.807, 2.05) is 43.3 Å². The van der Waals surface area contributed by atoms with E-state index in [9.17, 15) is 9.59 Å². The number of hydrogen-bond acceptors (Lipinski definition) is 4. The number of methoxy groups -OCH3 is 1. The van der Waals surface area contributed by atoms with Gasteiger partial charge in [0, 0.05) is 12.1 Å². The minimum Gasteiger partial charge on any atom is -0.497 e.